The fourth-order valence-corrected chi connectivity index (χ4v) is 1.51. The minimum absolute atomic E-state index is 0.0754. The largest absolute Gasteiger partial charge is 0.452 e. The molecule has 0 aliphatic heterocycles. The van der Waals surface area contributed by atoms with Gasteiger partial charge in [0.1, 0.15) is 0 Å². The van der Waals surface area contributed by atoms with E-state index in [4.69, 9.17) is 27.6 Å². The Morgan fingerprint density at radius 2 is 1.81 bits per heavy atom. The topological polar surface area (TPSA) is 42.2 Å². The van der Waals surface area contributed by atoms with Crippen molar-refractivity contribution in [2.24, 2.45) is 0 Å². The summed E-state index contributed by atoms with van der Waals surface area (Å²) < 4.78 is 4.83. The molecule has 0 unspecified atom stereocenters. The van der Waals surface area contributed by atoms with Gasteiger partial charge in [0.25, 0.3) is 5.91 Å². The number of hydrogen-bond donors (Lipinski definition) is 1. The summed E-state index contributed by atoms with van der Waals surface area (Å²) in [5.41, 5.74) is 0.947. The molecule has 1 N–H and O–H groups in total. The van der Waals surface area contributed by atoms with Gasteiger partial charge >= 0.3 is 0 Å². The second kappa shape index (κ2) is 4.60. The van der Waals surface area contributed by atoms with E-state index in [0.29, 0.717) is 16.3 Å². The van der Waals surface area contributed by atoms with E-state index in [1.54, 1.807) is 24.3 Å². The van der Waals surface area contributed by atoms with E-state index in [-0.39, 0.29) is 11.1 Å². The molecule has 5 heteroatoms. The second-order valence-electron chi connectivity index (χ2n) is 3.07. The molecule has 0 fully saturated rings. The van der Waals surface area contributed by atoms with Crippen molar-refractivity contribution in [2.45, 2.75) is 0 Å². The number of hydrogen-bond acceptors (Lipinski definition) is 2. The van der Waals surface area contributed by atoms with E-state index < -0.39 is 0 Å². The molecular weight excluding hydrogens is 249 g/mol. The van der Waals surface area contributed by atoms with E-state index in [1.165, 1.54) is 12.3 Å². The number of furan rings is 1. The van der Waals surface area contributed by atoms with Crippen molar-refractivity contribution in [3.8, 4) is 0 Å². The van der Waals surface area contributed by atoms with Crippen molar-refractivity contribution in [1.82, 2.24) is 0 Å². The Morgan fingerprint density at radius 1 is 1.12 bits per heavy atom. The third kappa shape index (κ3) is 2.38. The SMILES string of the molecule is O=C(Nc1ccc(Cl)cc1)c1ccoc1Cl. The van der Waals surface area contributed by atoms with Gasteiger partial charge in [0.05, 0.1) is 11.8 Å². The summed E-state index contributed by atoms with van der Waals surface area (Å²) in [6.07, 6.45) is 1.36. The lowest BCUT2D eigenvalue weighted by Gasteiger charge is -2.03. The first-order valence-corrected chi connectivity index (χ1v) is 5.22. The Bertz CT molecular complexity index is 505. The molecular formula is C11H7Cl2NO2. The van der Waals surface area contributed by atoms with Crippen LogP contribution in [0.4, 0.5) is 5.69 Å². The highest BCUT2D eigenvalue weighted by Gasteiger charge is 2.12. The zero-order valence-corrected chi connectivity index (χ0v) is 9.55. The summed E-state index contributed by atoms with van der Waals surface area (Å²) in [5.74, 6) is -0.318. The third-order valence-electron chi connectivity index (χ3n) is 1.96. The van der Waals surface area contributed by atoms with Crippen molar-refractivity contribution in [1.29, 1.82) is 0 Å². The van der Waals surface area contributed by atoms with Crippen LogP contribution in [0.2, 0.25) is 10.2 Å². The lowest BCUT2D eigenvalue weighted by atomic mass is 10.3. The Hall–Kier alpha value is -1.45. The van der Waals surface area contributed by atoms with Crippen molar-refractivity contribution >= 4 is 34.8 Å². The van der Waals surface area contributed by atoms with Gasteiger partial charge in [-0.2, -0.15) is 0 Å². The standard InChI is InChI=1S/C11H7Cl2NO2/c12-7-1-3-8(4-2-7)14-11(15)9-5-6-16-10(9)13/h1-6H,(H,14,15). The van der Waals surface area contributed by atoms with Gasteiger partial charge in [-0.05, 0) is 41.9 Å². The lowest BCUT2D eigenvalue weighted by Crippen LogP contribution is -2.11. The van der Waals surface area contributed by atoms with Crippen LogP contribution in [0.25, 0.3) is 0 Å². The molecule has 0 spiro atoms. The predicted octanol–water partition coefficient (Wildman–Crippen LogP) is 3.84. The molecule has 0 radical (unpaired) electrons. The van der Waals surface area contributed by atoms with Crippen LogP contribution < -0.4 is 5.32 Å². The van der Waals surface area contributed by atoms with Gasteiger partial charge in [0, 0.05) is 10.7 Å². The van der Waals surface area contributed by atoms with Crippen molar-refractivity contribution < 1.29 is 9.21 Å². The molecule has 82 valence electrons. The number of nitrogens with one attached hydrogen (secondary N) is 1. The van der Waals surface area contributed by atoms with Crippen LogP contribution in [-0.4, -0.2) is 5.91 Å². The van der Waals surface area contributed by atoms with Crippen molar-refractivity contribution in [3.05, 3.63) is 52.4 Å². The number of rotatable bonds is 2. The maximum Gasteiger partial charge on any atom is 0.260 e. The van der Waals surface area contributed by atoms with Gasteiger partial charge in [-0.1, -0.05) is 11.6 Å². The zero-order valence-electron chi connectivity index (χ0n) is 8.04. The van der Waals surface area contributed by atoms with E-state index in [2.05, 4.69) is 5.32 Å². The summed E-state index contributed by atoms with van der Waals surface area (Å²) in [6, 6.07) is 8.29. The highest BCUT2D eigenvalue weighted by atomic mass is 35.5. The van der Waals surface area contributed by atoms with Gasteiger partial charge in [-0.3, -0.25) is 4.79 Å². The lowest BCUT2D eigenvalue weighted by molar-refractivity contribution is 0.102. The van der Waals surface area contributed by atoms with Crippen LogP contribution in [0.1, 0.15) is 10.4 Å². The van der Waals surface area contributed by atoms with E-state index >= 15 is 0 Å². The Morgan fingerprint density at radius 3 is 2.38 bits per heavy atom. The summed E-state index contributed by atoms with van der Waals surface area (Å²) in [7, 11) is 0. The molecule has 16 heavy (non-hydrogen) atoms. The van der Waals surface area contributed by atoms with Crippen LogP contribution >= 0.6 is 23.2 Å². The van der Waals surface area contributed by atoms with E-state index in [9.17, 15) is 4.79 Å². The van der Waals surface area contributed by atoms with Crippen LogP contribution in [-0.2, 0) is 0 Å². The molecule has 0 aliphatic rings. The highest BCUT2D eigenvalue weighted by molar-refractivity contribution is 6.32. The number of halogens is 2. The maximum absolute atomic E-state index is 11.7. The molecule has 2 rings (SSSR count). The summed E-state index contributed by atoms with van der Waals surface area (Å²) in [5, 5.41) is 3.36. The summed E-state index contributed by atoms with van der Waals surface area (Å²) in [4.78, 5) is 11.7. The molecule has 2 aromatic rings. The molecule has 0 atom stereocenters. The average Bonchev–Trinajstić information content (AvgIpc) is 2.68. The van der Waals surface area contributed by atoms with Crippen LogP contribution in [0.5, 0.6) is 0 Å². The van der Waals surface area contributed by atoms with E-state index in [1.807, 2.05) is 0 Å². The average molecular weight is 256 g/mol. The first-order valence-electron chi connectivity index (χ1n) is 4.47. The molecule has 3 nitrogen and oxygen atoms in total. The normalized spacial score (nSPS) is 10.1. The monoisotopic (exact) mass is 255 g/mol. The highest BCUT2D eigenvalue weighted by Crippen LogP contribution is 2.19. The maximum atomic E-state index is 11.7. The Balaban J connectivity index is 2.14. The molecule has 0 aliphatic carbocycles. The van der Waals surface area contributed by atoms with Crippen LogP contribution in [0, 0.1) is 0 Å². The molecule has 1 aromatic carbocycles. The molecule has 0 bridgehead atoms. The van der Waals surface area contributed by atoms with E-state index in [0.717, 1.165) is 0 Å². The van der Waals surface area contributed by atoms with Gasteiger partial charge in [0.15, 0.2) is 0 Å². The minimum atomic E-state index is -0.318. The van der Waals surface area contributed by atoms with Crippen LogP contribution in [0.3, 0.4) is 0 Å². The zero-order chi connectivity index (χ0) is 11.5. The molecule has 0 saturated carbocycles. The molecule has 1 aromatic heterocycles. The summed E-state index contributed by atoms with van der Waals surface area (Å²) >= 11 is 11.4. The molecule has 0 saturated heterocycles. The quantitative estimate of drug-likeness (QED) is 0.886. The summed E-state index contributed by atoms with van der Waals surface area (Å²) in [6.45, 7) is 0. The second-order valence-corrected chi connectivity index (χ2v) is 3.85. The van der Waals surface area contributed by atoms with Crippen molar-refractivity contribution in [3.63, 3.8) is 0 Å². The van der Waals surface area contributed by atoms with Gasteiger partial charge in [-0.15, -0.1) is 0 Å². The first-order chi connectivity index (χ1) is 7.66. The third-order valence-corrected chi connectivity index (χ3v) is 2.51. The number of carbonyl (C=O) groups excluding carboxylic acids is 1. The predicted molar refractivity (Wildman–Crippen MR) is 63.1 cm³/mol. The number of anilines is 1. The smallest absolute Gasteiger partial charge is 0.260 e. The van der Waals surface area contributed by atoms with Gasteiger partial charge in [0.2, 0.25) is 5.22 Å². The minimum Gasteiger partial charge on any atom is -0.452 e. The molecule has 1 heterocycles. The molecule has 1 amide bonds. The number of amides is 1. The Kier molecular flexibility index (Phi) is 3.17. The Labute approximate surface area is 102 Å². The number of benzene rings is 1. The van der Waals surface area contributed by atoms with Crippen LogP contribution in [0.15, 0.2) is 41.0 Å². The van der Waals surface area contributed by atoms with Crippen molar-refractivity contribution in [2.75, 3.05) is 5.32 Å². The fraction of sp³-hybridized carbons (Fsp3) is 0. The first kappa shape index (κ1) is 11.0. The van der Waals surface area contributed by atoms with Gasteiger partial charge < -0.3 is 9.73 Å². The van der Waals surface area contributed by atoms with Gasteiger partial charge in [-0.25, -0.2) is 0 Å². The fourth-order valence-electron chi connectivity index (χ4n) is 1.19. The number of carbonyl (C=O) groups is 1.